The first kappa shape index (κ1) is 16.8. The molecule has 1 aliphatic carbocycles. The quantitative estimate of drug-likeness (QED) is 0.605. The zero-order valence-electron chi connectivity index (χ0n) is 14.2. The molecule has 136 valence electrons. The van der Waals surface area contributed by atoms with Gasteiger partial charge in [-0.1, -0.05) is 0 Å². The summed E-state index contributed by atoms with van der Waals surface area (Å²) in [6.07, 6.45) is 6.33. The molecule has 1 aromatic carbocycles. The summed E-state index contributed by atoms with van der Waals surface area (Å²) >= 11 is 0. The van der Waals surface area contributed by atoms with Crippen LogP contribution in [0.25, 0.3) is 0 Å². The van der Waals surface area contributed by atoms with Crippen molar-refractivity contribution in [2.45, 2.75) is 43.4 Å². The highest BCUT2D eigenvalue weighted by Gasteiger charge is 2.46. The Morgan fingerprint density at radius 1 is 1.04 bits per heavy atom. The van der Waals surface area contributed by atoms with Crippen molar-refractivity contribution < 1.29 is 13.3 Å². The highest BCUT2D eigenvalue weighted by molar-refractivity contribution is 7.89. The summed E-state index contributed by atoms with van der Waals surface area (Å²) in [5, 5.41) is 11.2. The van der Waals surface area contributed by atoms with Crippen LogP contribution < -0.4 is 4.90 Å². The Hall–Kier alpha value is -1.67. The number of piperidine rings is 1. The van der Waals surface area contributed by atoms with Crippen LogP contribution in [-0.2, 0) is 10.0 Å². The number of benzene rings is 1. The Bertz CT molecular complexity index is 798. The highest BCUT2D eigenvalue weighted by atomic mass is 32.2. The Morgan fingerprint density at radius 3 is 2.40 bits per heavy atom. The molecule has 0 radical (unpaired) electrons. The number of hydrogen-bond acceptors (Lipinski definition) is 5. The summed E-state index contributed by atoms with van der Waals surface area (Å²) in [5.74, 6) is 0. The van der Waals surface area contributed by atoms with Crippen molar-refractivity contribution in [2.75, 3.05) is 31.1 Å². The average Bonchev–Trinajstić information content (AvgIpc) is 3.12. The zero-order chi connectivity index (χ0) is 17.7. The first-order chi connectivity index (χ1) is 11.9. The zero-order valence-corrected chi connectivity index (χ0v) is 15.0. The van der Waals surface area contributed by atoms with Gasteiger partial charge in [0.2, 0.25) is 10.0 Å². The lowest BCUT2D eigenvalue weighted by molar-refractivity contribution is -0.385. The van der Waals surface area contributed by atoms with Crippen LogP contribution in [0.5, 0.6) is 0 Å². The van der Waals surface area contributed by atoms with Gasteiger partial charge in [0.25, 0.3) is 5.69 Å². The van der Waals surface area contributed by atoms with Crippen LogP contribution in [0.3, 0.4) is 0 Å². The maximum absolute atomic E-state index is 13.1. The topological polar surface area (TPSA) is 83.8 Å². The van der Waals surface area contributed by atoms with Gasteiger partial charge in [0.1, 0.15) is 4.90 Å². The van der Waals surface area contributed by atoms with Gasteiger partial charge in [-0.05, 0) is 50.0 Å². The monoisotopic (exact) mass is 365 g/mol. The maximum atomic E-state index is 13.1. The Morgan fingerprint density at radius 2 is 1.76 bits per heavy atom. The molecular formula is C17H23N3O4S. The minimum absolute atomic E-state index is 0.0984. The lowest BCUT2D eigenvalue weighted by Crippen LogP contribution is -2.38. The van der Waals surface area contributed by atoms with E-state index in [2.05, 4.69) is 4.90 Å². The molecule has 2 aliphatic heterocycles. The smallest absolute Gasteiger partial charge is 0.270 e. The second-order valence-electron chi connectivity index (χ2n) is 7.55. The second-order valence-corrected chi connectivity index (χ2v) is 9.45. The van der Waals surface area contributed by atoms with Gasteiger partial charge in [-0.2, -0.15) is 4.31 Å². The first-order valence-corrected chi connectivity index (χ1v) is 10.4. The molecule has 4 rings (SSSR count). The number of rotatable bonds is 4. The lowest BCUT2D eigenvalue weighted by Gasteiger charge is -2.36. The van der Waals surface area contributed by atoms with E-state index in [0.29, 0.717) is 24.2 Å². The molecule has 0 unspecified atom stereocenters. The van der Waals surface area contributed by atoms with Crippen LogP contribution in [0, 0.1) is 15.5 Å². The summed E-state index contributed by atoms with van der Waals surface area (Å²) in [7, 11) is -3.70. The van der Waals surface area contributed by atoms with Gasteiger partial charge in [-0.15, -0.1) is 0 Å². The minimum Gasteiger partial charge on any atom is -0.370 e. The predicted molar refractivity (Wildman–Crippen MR) is 94.2 cm³/mol. The van der Waals surface area contributed by atoms with Crippen molar-refractivity contribution in [3.8, 4) is 0 Å². The molecule has 0 amide bonds. The number of nitro benzene ring substituents is 1. The van der Waals surface area contributed by atoms with Gasteiger partial charge in [-0.25, -0.2) is 8.42 Å². The number of anilines is 1. The van der Waals surface area contributed by atoms with E-state index in [1.54, 1.807) is 6.07 Å². The summed E-state index contributed by atoms with van der Waals surface area (Å²) in [4.78, 5) is 12.9. The SMILES string of the molecule is O=[N+]([O-])c1ccc(N2CCCC3(CC3)C2)c(S(=O)(=O)N2CCCC2)c1. The fourth-order valence-corrected chi connectivity index (χ4v) is 5.90. The van der Waals surface area contributed by atoms with Crippen LogP contribution in [0.4, 0.5) is 11.4 Å². The maximum Gasteiger partial charge on any atom is 0.270 e. The number of nitrogens with zero attached hydrogens (tertiary/aromatic N) is 3. The average molecular weight is 365 g/mol. The third-order valence-corrected chi connectivity index (χ3v) is 7.72. The molecule has 8 heteroatoms. The highest BCUT2D eigenvalue weighted by Crippen LogP contribution is 2.53. The number of non-ortho nitro benzene ring substituents is 1. The standard InChI is InChI=1S/C17H23N3O4S/c21-20(22)14-4-5-15(18-9-3-6-17(13-18)7-8-17)16(12-14)25(23,24)19-10-1-2-11-19/h4-5,12H,1-3,6-11,13H2. The van der Waals surface area contributed by atoms with E-state index in [9.17, 15) is 18.5 Å². The normalized spacial score (nSPS) is 23.1. The molecule has 7 nitrogen and oxygen atoms in total. The van der Waals surface area contributed by atoms with Crippen molar-refractivity contribution in [3.05, 3.63) is 28.3 Å². The molecule has 3 fully saturated rings. The fourth-order valence-electron chi connectivity index (χ4n) is 4.15. The summed E-state index contributed by atoms with van der Waals surface area (Å²) in [6.45, 7) is 2.65. The molecule has 3 aliphatic rings. The molecule has 0 aromatic heterocycles. The fraction of sp³-hybridized carbons (Fsp3) is 0.647. The van der Waals surface area contributed by atoms with Gasteiger partial charge in [0.05, 0.1) is 10.6 Å². The Balaban J connectivity index is 1.76. The third-order valence-electron chi connectivity index (χ3n) is 5.80. The van der Waals surface area contributed by atoms with E-state index < -0.39 is 14.9 Å². The molecule has 2 saturated heterocycles. The molecule has 1 saturated carbocycles. The molecule has 0 atom stereocenters. The first-order valence-electron chi connectivity index (χ1n) is 8.95. The van der Waals surface area contributed by atoms with E-state index in [1.165, 1.54) is 35.7 Å². The van der Waals surface area contributed by atoms with Gasteiger partial charge in [-0.3, -0.25) is 10.1 Å². The van der Waals surface area contributed by atoms with Gasteiger partial charge < -0.3 is 4.90 Å². The van der Waals surface area contributed by atoms with Crippen LogP contribution in [0.15, 0.2) is 23.1 Å². The molecular weight excluding hydrogens is 342 g/mol. The Labute approximate surface area is 147 Å². The van der Waals surface area contributed by atoms with E-state index >= 15 is 0 Å². The molecule has 1 spiro atoms. The predicted octanol–water partition coefficient (Wildman–Crippen LogP) is 2.76. The number of hydrogen-bond donors (Lipinski definition) is 0. The molecule has 1 aromatic rings. The van der Waals surface area contributed by atoms with Crippen molar-refractivity contribution >= 4 is 21.4 Å². The third kappa shape index (κ3) is 3.01. The van der Waals surface area contributed by atoms with Crippen LogP contribution >= 0.6 is 0 Å². The summed E-state index contributed by atoms with van der Waals surface area (Å²) in [6, 6.07) is 4.30. The van der Waals surface area contributed by atoms with Crippen molar-refractivity contribution in [3.63, 3.8) is 0 Å². The lowest BCUT2D eigenvalue weighted by atomic mass is 9.94. The van der Waals surface area contributed by atoms with E-state index in [-0.39, 0.29) is 10.6 Å². The van der Waals surface area contributed by atoms with Gasteiger partial charge in [0, 0.05) is 38.3 Å². The minimum atomic E-state index is -3.70. The summed E-state index contributed by atoms with van der Waals surface area (Å²) < 4.78 is 27.7. The number of nitro groups is 1. The van der Waals surface area contributed by atoms with Crippen LogP contribution in [0.1, 0.15) is 38.5 Å². The van der Waals surface area contributed by atoms with Crippen molar-refractivity contribution in [2.24, 2.45) is 5.41 Å². The van der Waals surface area contributed by atoms with Crippen molar-refractivity contribution in [1.82, 2.24) is 4.31 Å². The molecule has 0 bridgehead atoms. The van der Waals surface area contributed by atoms with Gasteiger partial charge in [0.15, 0.2) is 0 Å². The van der Waals surface area contributed by atoms with E-state index in [0.717, 1.165) is 32.4 Å². The largest absolute Gasteiger partial charge is 0.370 e. The number of sulfonamides is 1. The van der Waals surface area contributed by atoms with Gasteiger partial charge >= 0.3 is 0 Å². The summed E-state index contributed by atoms with van der Waals surface area (Å²) in [5.41, 5.74) is 0.803. The molecule has 0 N–H and O–H groups in total. The molecule has 2 heterocycles. The van der Waals surface area contributed by atoms with Crippen molar-refractivity contribution in [1.29, 1.82) is 0 Å². The van der Waals surface area contributed by atoms with Crippen LogP contribution in [0.2, 0.25) is 0 Å². The Kier molecular flexibility index (Phi) is 3.99. The van der Waals surface area contributed by atoms with E-state index in [4.69, 9.17) is 0 Å². The van der Waals surface area contributed by atoms with Crippen LogP contribution in [-0.4, -0.2) is 43.8 Å². The second kappa shape index (κ2) is 5.95. The molecule has 25 heavy (non-hydrogen) atoms. The van der Waals surface area contributed by atoms with E-state index in [1.807, 2.05) is 0 Å².